The summed E-state index contributed by atoms with van der Waals surface area (Å²) in [5.41, 5.74) is -0.235. The molecule has 4 aliphatic rings. The zero-order valence-corrected chi connectivity index (χ0v) is 22.4. The fraction of sp³-hybridized carbons (Fsp3) is 0.833. The van der Waals surface area contributed by atoms with Gasteiger partial charge in [0, 0.05) is 31.6 Å². The van der Waals surface area contributed by atoms with Crippen LogP contribution in [-0.4, -0.2) is 23.6 Å². The Hall–Kier alpha value is -1.45. The highest BCUT2D eigenvalue weighted by Crippen LogP contribution is 2.66. The third kappa shape index (κ3) is 4.22. The molecule has 0 saturated heterocycles. The molecule has 4 heteroatoms. The van der Waals surface area contributed by atoms with Gasteiger partial charge in [0.15, 0.2) is 0 Å². The number of allylic oxidation sites excluding steroid dienone is 2. The quantitative estimate of drug-likeness (QED) is 0.344. The van der Waals surface area contributed by atoms with Gasteiger partial charge in [-0.1, -0.05) is 53.7 Å². The van der Waals surface area contributed by atoms with Crippen molar-refractivity contribution in [1.82, 2.24) is 0 Å². The van der Waals surface area contributed by atoms with Crippen molar-refractivity contribution in [1.29, 1.82) is 0 Å². The molecule has 0 radical (unpaired) electrons. The summed E-state index contributed by atoms with van der Waals surface area (Å²) < 4.78 is 5.52. The molecule has 190 valence electrons. The van der Waals surface area contributed by atoms with Crippen LogP contribution in [0.4, 0.5) is 0 Å². The Bertz CT molecular complexity index is 858. The van der Waals surface area contributed by atoms with E-state index in [2.05, 4.69) is 53.7 Å². The molecule has 34 heavy (non-hydrogen) atoms. The first-order chi connectivity index (χ1) is 15.9. The molecule has 0 spiro atoms. The molecule has 4 fully saturated rings. The molecule has 0 heterocycles. The van der Waals surface area contributed by atoms with Crippen LogP contribution < -0.4 is 0 Å². The Morgan fingerprint density at radius 3 is 2.35 bits per heavy atom. The molecule has 4 aliphatic carbocycles. The summed E-state index contributed by atoms with van der Waals surface area (Å²) in [6.07, 6.45) is 10.4. The number of hydrogen-bond donors (Lipinski definition) is 0. The summed E-state index contributed by atoms with van der Waals surface area (Å²) in [6, 6.07) is 0. The molecular weight excluding hydrogens is 424 g/mol. The lowest BCUT2D eigenvalue weighted by Crippen LogP contribution is -2.61. The minimum absolute atomic E-state index is 0.0864. The SMILES string of the molecule is CC(=O)O[C@@H]1CC[C@@]2(C)[C@@H](CC(=O)[C@H]3[C@H]2C(=O)C[C@@]2(C)[C@H]3CC[C@H]2[C@H](C)/C=C/[C@H](C)C(C)C)C1. The third-order valence-electron chi connectivity index (χ3n) is 10.9. The number of carbonyl (C=O) groups is 3. The standard InChI is InChI=1S/C30H46O4/c1-17(2)18(3)8-9-19(4)23-10-11-24-27-25(32)15-21-14-22(34-20(5)31)12-13-29(21,6)28(27)26(33)16-30(23,24)7/h8-9,17-19,21-24,27-28H,10-16H2,1-7H3/b9-8+/t18-,19+,21+,22+,23-,24-,27-,28+,29-,30+/m0/s1. The predicted octanol–water partition coefficient (Wildman–Crippen LogP) is 6.42. The summed E-state index contributed by atoms with van der Waals surface area (Å²) in [6.45, 7) is 15.1. The van der Waals surface area contributed by atoms with Crippen molar-refractivity contribution in [2.24, 2.45) is 58.2 Å². The van der Waals surface area contributed by atoms with E-state index in [9.17, 15) is 14.4 Å². The number of esters is 1. The molecule has 10 atom stereocenters. The summed E-state index contributed by atoms with van der Waals surface area (Å²) in [5, 5.41) is 0. The normalized spacial score (nSPS) is 43.9. The van der Waals surface area contributed by atoms with Gasteiger partial charge in [-0.05, 0) is 78.4 Å². The van der Waals surface area contributed by atoms with Crippen LogP contribution in [0.15, 0.2) is 12.2 Å². The van der Waals surface area contributed by atoms with E-state index < -0.39 is 0 Å². The van der Waals surface area contributed by atoms with E-state index in [1.807, 2.05) is 0 Å². The second kappa shape index (κ2) is 9.21. The van der Waals surface area contributed by atoms with E-state index in [1.165, 1.54) is 6.92 Å². The van der Waals surface area contributed by atoms with Crippen molar-refractivity contribution in [3.8, 4) is 0 Å². The highest BCUT2D eigenvalue weighted by Gasteiger charge is 2.66. The minimum Gasteiger partial charge on any atom is -0.463 e. The zero-order valence-electron chi connectivity index (χ0n) is 22.4. The fourth-order valence-electron chi connectivity index (χ4n) is 8.65. The summed E-state index contributed by atoms with van der Waals surface area (Å²) in [7, 11) is 0. The van der Waals surface area contributed by atoms with Crippen LogP contribution in [0.5, 0.6) is 0 Å². The van der Waals surface area contributed by atoms with E-state index in [1.54, 1.807) is 0 Å². The maximum absolute atomic E-state index is 13.9. The molecule has 4 rings (SSSR count). The number of hydrogen-bond acceptors (Lipinski definition) is 4. The Labute approximate surface area is 206 Å². The van der Waals surface area contributed by atoms with Crippen molar-refractivity contribution in [3.63, 3.8) is 0 Å². The van der Waals surface area contributed by atoms with E-state index >= 15 is 0 Å². The molecule has 0 N–H and O–H groups in total. The Kier molecular flexibility index (Phi) is 6.94. The second-order valence-corrected chi connectivity index (χ2v) is 13.2. The molecule has 4 saturated carbocycles. The topological polar surface area (TPSA) is 60.4 Å². The van der Waals surface area contributed by atoms with Gasteiger partial charge in [-0.2, -0.15) is 0 Å². The van der Waals surface area contributed by atoms with Crippen molar-refractivity contribution in [3.05, 3.63) is 12.2 Å². The van der Waals surface area contributed by atoms with Crippen LogP contribution in [0.3, 0.4) is 0 Å². The molecule has 0 amide bonds. The maximum atomic E-state index is 13.9. The minimum atomic E-state index is -0.249. The van der Waals surface area contributed by atoms with Gasteiger partial charge in [0.25, 0.3) is 0 Å². The van der Waals surface area contributed by atoms with Crippen LogP contribution in [-0.2, 0) is 19.1 Å². The fourth-order valence-corrected chi connectivity index (χ4v) is 8.65. The molecule has 0 bridgehead atoms. The van der Waals surface area contributed by atoms with Gasteiger partial charge in [-0.15, -0.1) is 0 Å². The van der Waals surface area contributed by atoms with E-state index in [-0.39, 0.29) is 40.7 Å². The van der Waals surface area contributed by atoms with E-state index in [4.69, 9.17) is 4.74 Å². The average Bonchev–Trinajstić information content (AvgIpc) is 3.08. The third-order valence-corrected chi connectivity index (χ3v) is 10.9. The van der Waals surface area contributed by atoms with Crippen LogP contribution >= 0.6 is 0 Å². The van der Waals surface area contributed by atoms with Gasteiger partial charge in [-0.3, -0.25) is 14.4 Å². The second-order valence-electron chi connectivity index (χ2n) is 13.2. The monoisotopic (exact) mass is 470 g/mol. The lowest BCUT2D eigenvalue weighted by atomic mass is 9.43. The average molecular weight is 471 g/mol. The highest BCUT2D eigenvalue weighted by atomic mass is 16.5. The first-order valence-corrected chi connectivity index (χ1v) is 13.8. The Morgan fingerprint density at radius 1 is 1.00 bits per heavy atom. The van der Waals surface area contributed by atoms with Gasteiger partial charge in [0.1, 0.15) is 17.7 Å². The molecule has 0 unspecified atom stereocenters. The lowest BCUT2D eigenvalue weighted by Gasteiger charge is -2.59. The van der Waals surface area contributed by atoms with Gasteiger partial charge in [0.05, 0.1) is 0 Å². The predicted molar refractivity (Wildman–Crippen MR) is 134 cm³/mol. The summed E-state index contributed by atoms with van der Waals surface area (Å²) in [4.78, 5) is 39.1. The van der Waals surface area contributed by atoms with Crippen LogP contribution in [0, 0.1) is 58.2 Å². The Balaban J connectivity index is 1.57. The first kappa shape index (κ1) is 25.6. The van der Waals surface area contributed by atoms with Crippen molar-refractivity contribution >= 4 is 17.5 Å². The van der Waals surface area contributed by atoms with Crippen LogP contribution in [0.25, 0.3) is 0 Å². The smallest absolute Gasteiger partial charge is 0.302 e. The largest absolute Gasteiger partial charge is 0.463 e. The van der Waals surface area contributed by atoms with Crippen molar-refractivity contribution in [2.45, 2.75) is 99.5 Å². The summed E-state index contributed by atoms with van der Waals surface area (Å²) >= 11 is 0. The van der Waals surface area contributed by atoms with Crippen LogP contribution in [0.2, 0.25) is 0 Å². The number of rotatable bonds is 5. The number of ether oxygens (including phenoxy) is 1. The van der Waals surface area contributed by atoms with Gasteiger partial charge < -0.3 is 4.74 Å². The number of carbonyl (C=O) groups excluding carboxylic acids is 3. The van der Waals surface area contributed by atoms with Crippen molar-refractivity contribution in [2.75, 3.05) is 0 Å². The zero-order chi connectivity index (χ0) is 25.0. The Morgan fingerprint density at radius 2 is 1.71 bits per heavy atom. The van der Waals surface area contributed by atoms with E-state index in [0.29, 0.717) is 54.0 Å². The molecular formula is C30H46O4. The van der Waals surface area contributed by atoms with Crippen molar-refractivity contribution < 1.29 is 19.1 Å². The first-order valence-electron chi connectivity index (χ1n) is 13.8. The van der Waals surface area contributed by atoms with Crippen LogP contribution in [0.1, 0.15) is 93.4 Å². The molecule has 0 aromatic heterocycles. The number of Topliss-reactive ketones (excluding diaryl/α,β-unsaturated/α-hetero) is 2. The molecule has 0 aromatic carbocycles. The van der Waals surface area contributed by atoms with Gasteiger partial charge in [-0.25, -0.2) is 0 Å². The molecule has 0 aliphatic heterocycles. The highest BCUT2D eigenvalue weighted by molar-refractivity contribution is 5.94. The van der Waals surface area contributed by atoms with E-state index in [0.717, 1.165) is 32.1 Å². The summed E-state index contributed by atoms with van der Waals surface area (Å²) in [5.74, 6) is 2.61. The maximum Gasteiger partial charge on any atom is 0.302 e. The number of ketones is 2. The van der Waals surface area contributed by atoms with Gasteiger partial charge in [0.2, 0.25) is 0 Å². The molecule has 0 aromatic rings. The lowest BCUT2D eigenvalue weighted by molar-refractivity contribution is -0.175. The molecule has 4 nitrogen and oxygen atoms in total. The van der Waals surface area contributed by atoms with Gasteiger partial charge >= 0.3 is 5.97 Å². The number of fused-ring (bicyclic) bond motifs is 5.